The molecular weight excluding hydrogens is 232 g/mol. The van der Waals surface area contributed by atoms with Crippen molar-refractivity contribution >= 4 is 5.97 Å². The van der Waals surface area contributed by atoms with Gasteiger partial charge in [0.25, 0.3) is 0 Å². The van der Waals surface area contributed by atoms with Crippen LogP contribution in [0.25, 0.3) is 0 Å². The molecule has 1 fully saturated rings. The Labute approximate surface area is 107 Å². The highest BCUT2D eigenvalue weighted by Gasteiger charge is 2.27. The monoisotopic (exact) mass is 250 g/mol. The summed E-state index contributed by atoms with van der Waals surface area (Å²) >= 11 is 0. The third kappa shape index (κ3) is 3.18. The van der Waals surface area contributed by atoms with Crippen LogP contribution in [0.15, 0.2) is 12.4 Å². The van der Waals surface area contributed by atoms with Gasteiger partial charge in [0, 0.05) is 0 Å². The van der Waals surface area contributed by atoms with Gasteiger partial charge in [-0.2, -0.15) is 0 Å². The zero-order valence-electron chi connectivity index (χ0n) is 10.8. The highest BCUT2D eigenvalue weighted by Crippen LogP contribution is 2.27. The maximum Gasteiger partial charge on any atom is 0.308 e. The van der Waals surface area contributed by atoms with Gasteiger partial charge in [-0.25, -0.2) is 4.98 Å². The minimum atomic E-state index is -0.108. The second kappa shape index (κ2) is 5.80. The Morgan fingerprint density at radius 1 is 1.22 bits per heavy atom. The first-order valence-electron chi connectivity index (χ1n) is 6.22. The fourth-order valence-electron chi connectivity index (χ4n) is 2.20. The van der Waals surface area contributed by atoms with E-state index in [1.807, 2.05) is 6.92 Å². The summed E-state index contributed by atoms with van der Waals surface area (Å²) < 4.78 is 10.5. The number of methoxy groups -OCH3 is 1. The van der Waals surface area contributed by atoms with E-state index < -0.39 is 0 Å². The summed E-state index contributed by atoms with van der Waals surface area (Å²) in [5, 5.41) is 0. The van der Waals surface area contributed by atoms with E-state index in [0.717, 1.165) is 31.4 Å². The molecule has 1 saturated carbocycles. The Kier molecular flexibility index (Phi) is 4.12. The van der Waals surface area contributed by atoms with Crippen LogP contribution in [0, 0.1) is 12.8 Å². The Hall–Kier alpha value is -1.65. The molecule has 0 bridgehead atoms. The Morgan fingerprint density at radius 2 is 1.94 bits per heavy atom. The Morgan fingerprint density at radius 3 is 2.50 bits per heavy atom. The minimum absolute atomic E-state index is 0.0268. The molecule has 5 heteroatoms. The van der Waals surface area contributed by atoms with Crippen molar-refractivity contribution in [3.8, 4) is 5.88 Å². The van der Waals surface area contributed by atoms with E-state index in [0.29, 0.717) is 5.88 Å². The van der Waals surface area contributed by atoms with Gasteiger partial charge in [0.2, 0.25) is 5.88 Å². The predicted octanol–water partition coefficient (Wildman–Crippen LogP) is 1.90. The molecule has 98 valence electrons. The third-order valence-electron chi connectivity index (χ3n) is 3.25. The largest absolute Gasteiger partial charge is 0.473 e. The van der Waals surface area contributed by atoms with Gasteiger partial charge >= 0.3 is 5.97 Å². The molecule has 1 aromatic heterocycles. The first-order valence-corrected chi connectivity index (χ1v) is 6.22. The summed E-state index contributed by atoms with van der Waals surface area (Å²) in [6.45, 7) is 1.89. The second-order valence-electron chi connectivity index (χ2n) is 4.61. The van der Waals surface area contributed by atoms with E-state index in [2.05, 4.69) is 9.97 Å². The lowest BCUT2D eigenvalue weighted by atomic mass is 9.87. The molecule has 0 aliphatic heterocycles. The molecule has 1 aromatic rings. The molecule has 0 saturated heterocycles. The van der Waals surface area contributed by atoms with Gasteiger partial charge in [-0.1, -0.05) is 0 Å². The van der Waals surface area contributed by atoms with Gasteiger partial charge in [-0.05, 0) is 32.6 Å². The molecule has 0 spiro atoms. The van der Waals surface area contributed by atoms with Gasteiger partial charge < -0.3 is 9.47 Å². The molecule has 5 nitrogen and oxygen atoms in total. The number of aryl methyl sites for hydroxylation is 1. The smallest absolute Gasteiger partial charge is 0.308 e. The van der Waals surface area contributed by atoms with Gasteiger partial charge in [-0.15, -0.1) is 0 Å². The summed E-state index contributed by atoms with van der Waals surface area (Å²) in [7, 11) is 1.44. The van der Waals surface area contributed by atoms with Crippen LogP contribution in [0.3, 0.4) is 0 Å². The number of carbonyl (C=O) groups is 1. The topological polar surface area (TPSA) is 61.3 Å². The summed E-state index contributed by atoms with van der Waals surface area (Å²) in [5.74, 6) is 0.477. The number of nitrogens with zero attached hydrogens (tertiary/aromatic N) is 2. The minimum Gasteiger partial charge on any atom is -0.473 e. The highest BCUT2D eigenvalue weighted by molar-refractivity contribution is 5.72. The molecule has 0 amide bonds. The van der Waals surface area contributed by atoms with Gasteiger partial charge in [0.1, 0.15) is 6.10 Å². The van der Waals surface area contributed by atoms with Gasteiger partial charge in [-0.3, -0.25) is 9.78 Å². The van der Waals surface area contributed by atoms with E-state index in [1.165, 1.54) is 7.11 Å². The highest BCUT2D eigenvalue weighted by atomic mass is 16.5. The predicted molar refractivity (Wildman–Crippen MR) is 65.2 cm³/mol. The summed E-state index contributed by atoms with van der Waals surface area (Å²) in [6.07, 6.45) is 6.80. The Balaban J connectivity index is 1.83. The molecule has 0 aromatic carbocycles. The van der Waals surface area contributed by atoms with Crippen LogP contribution in [-0.2, 0) is 9.53 Å². The fraction of sp³-hybridized carbons (Fsp3) is 0.615. The van der Waals surface area contributed by atoms with Crippen molar-refractivity contribution in [2.75, 3.05) is 7.11 Å². The van der Waals surface area contributed by atoms with Gasteiger partial charge in [0.05, 0.1) is 31.1 Å². The van der Waals surface area contributed by atoms with Crippen LogP contribution >= 0.6 is 0 Å². The third-order valence-corrected chi connectivity index (χ3v) is 3.25. The van der Waals surface area contributed by atoms with Crippen LogP contribution in [0.1, 0.15) is 31.4 Å². The van der Waals surface area contributed by atoms with Crippen molar-refractivity contribution < 1.29 is 14.3 Å². The molecular formula is C13H18N2O3. The molecule has 0 unspecified atom stereocenters. The molecule has 1 aliphatic rings. The van der Waals surface area contributed by atoms with Crippen LogP contribution in [0.4, 0.5) is 0 Å². The van der Waals surface area contributed by atoms with E-state index in [4.69, 9.17) is 9.47 Å². The van der Waals surface area contributed by atoms with Crippen molar-refractivity contribution in [2.45, 2.75) is 38.7 Å². The van der Waals surface area contributed by atoms with Crippen LogP contribution in [-0.4, -0.2) is 29.2 Å². The maximum absolute atomic E-state index is 11.4. The fourth-order valence-corrected chi connectivity index (χ4v) is 2.20. The van der Waals surface area contributed by atoms with Crippen LogP contribution in [0.5, 0.6) is 5.88 Å². The van der Waals surface area contributed by atoms with Crippen LogP contribution < -0.4 is 4.74 Å². The van der Waals surface area contributed by atoms with E-state index in [1.54, 1.807) is 12.4 Å². The summed E-state index contributed by atoms with van der Waals surface area (Å²) in [6, 6.07) is 0. The molecule has 18 heavy (non-hydrogen) atoms. The van der Waals surface area contributed by atoms with Gasteiger partial charge in [0.15, 0.2) is 0 Å². The van der Waals surface area contributed by atoms with E-state index in [9.17, 15) is 4.79 Å². The van der Waals surface area contributed by atoms with E-state index in [-0.39, 0.29) is 18.0 Å². The number of carbonyl (C=O) groups excluding carboxylic acids is 1. The van der Waals surface area contributed by atoms with Crippen LogP contribution in [0.2, 0.25) is 0 Å². The number of aromatic nitrogens is 2. The summed E-state index contributed by atoms with van der Waals surface area (Å²) in [4.78, 5) is 19.7. The molecule has 0 N–H and O–H groups in total. The van der Waals surface area contributed by atoms with Crippen molar-refractivity contribution in [3.63, 3.8) is 0 Å². The molecule has 1 aliphatic carbocycles. The number of esters is 1. The maximum atomic E-state index is 11.4. The van der Waals surface area contributed by atoms with E-state index >= 15 is 0 Å². The summed E-state index contributed by atoms with van der Waals surface area (Å²) in [5.41, 5.74) is 0.872. The number of ether oxygens (including phenoxy) is 2. The lowest BCUT2D eigenvalue weighted by molar-refractivity contribution is -0.147. The number of rotatable bonds is 3. The zero-order chi connectivity index (χ0) is 13.0. The normalized spacial score (nSPS) is 23.4. The molecule has 0 atom stereocenters. The Bertz CT molecular complexity index is 397. The molecule has 2 rings (SSSR count). The quantitative estimate of drug-likeness (QED) is 0.767. The van der Waals surface area contributed by atoms with Crippen molar-refractivity contribution in [1.29, 1.82) is 0 Å². The first kappa shape index (κ1) is 12.8. The zero-order valence-corrected chi connectivity index (χ0v) is 10.8. The average Bonchev–Trinajstić information content (AvgIpc) is 2.41. The van der Waals surface area contributed by atoms with Crippen molar-refractivity contribution in [3.05, 3.63) is 18.1 Å². The first-order chi connectivity index (χ1) is 8.69. The SMILES string of the molecule is COC(=O)[C@H]1CC[C@H](Oc2cnc(C)cn2)CC1. The standard InChI is InChI=1S/C13H18N2O3/c1-9-7-15-12(8-14-9)18-11-5-3-10(4-6-11)13(16)17-2/h7-8,10-11H,3-6H2,1-2H3/t10-,11-. The van der Waals surface area contributed by atoms with Crippen molar-refractivity contribution in [1.82, 2.24) is 9.97 Å². The average molecular weight is 250 g/mol. The number of hydrogen-bond donors (Lipinski definition) is 0. The number of hydrogen-bond acceptors (Lipinski definition) is 5. The van der Waals surface area contributed by atoms with Crippen molar-refractivity contribution in [2.24, 2.45) is 5.92 Å². The lowest BCUT2D eigenvalue weighted by Gasteiger charge is -2.26. The second-order valence-corrected chi connectivity index (χ2v) is 4.61. The molecule has 1 heterocycles. The molecule has 0 radical (unpaired) electrons. The lowest BCUT2D eigenvalue weighted by Crippen LogP contribution is -2.28.